The van der Waals surface area contributed by atoms with Gasteiger partial charge in [0.1, 0.15) is 5.75 Å². The third kappa shape index (κ3) is 3.55. The summed E-state index contributed by atoms with van der Waals surface area (Å²) < 4.78 is 5.69. The van der Waals surface area contributed by atoms with Crippen molar-refractivity contribution in [3.8, 4) is 23.0 Å². The fourth-order valence-corrected chi connectivity index (χ4v) is 2.24. The summed E-state index contributed by atoms with van der Waals surface area (Å²) in [7, 11) is 0. The Morgan fingerprint density at radius 3 is 2.52 bits per heavy atom. The van der Waals surface area contributed by atoms with Gasteiger partial charge >= 0.3 is 6.01 Å². The number of Topliss-reactive ketones (excluding diaryl/α,β-unsaturated/α-hetero) is 1. The zero-order valence-corrected chi connectivity index (χ0v) is 13.1. The number of hydrogen-bond donors (Lipinski definition) is 0. The second kappa shape index (κ2) is 6.58. The van der Waals surface area contributed by atoms with E-state index in [-0.39, 0.29) is 11.8 Å². The van der Waals surface area contributed by atoms with Crippen LogP contribution in [-0.2, 0) is 0 Å². The maximum absolute atomic E-state index is 11.6. The average molecular weight is 325 g/mol. The van der Waals surface area contributed by atoms with Gasteiger partial charge in [-0.3, -0.25) is 4.79 Å². The van der Waals surface area contributed by atoms with E-state index in [4.69, 9.17) is 16.3 Å². The molecule has 1 aromatic heterocycles. The van der Waals surface area contributed by atoms with E-state index in [1.807, 2.05) is 12.1 Å². The van der Waals surface area contributed by atoms with Gasteiger partial charge in [0.15, 0.2) is 5.78 Å². The molecule has 0 unspecified atom stereocenters. The Kier molecular flexibility index (Phi) is 4.35. The molecule has 0 saturated heterocycles. The van der Waals surface area contributed by atoms with Crippen molar-refractivity contribution in [1.29, 1.82) is 0 Å². The quantitative estimate of drug-likeness (QED) is 0.647. The molecule has 2 aromatic carbocycles. The van der Waals surface area contributed by atoms with Crippen LogP contribution in [0.3, 0.4) is 0 Å². The highest BCUT2D eigenvalue weighted by molar-refractivity contribution is 6.30. The lowest BCUT2D eigenvalue weighted by Crippen LogP contribution is -1.99. The molecule has 23 heavy (non-hydrogen) atoms. The lowest BCUT2D eigenvalue weighted by molar-refractivity contribution is 0.101. The molecule has 0 spiro atoms. The molecule has 1 heterocycles. The summed E-state index contributed by atoms with van der Waals surface area (Å²) in [5.74, 6) is 0.364. The second-order valence-corrected chi connectivity index (χ2v) is 5.32. The highest BCUT2D eigenvalue weighted by Crippen LogP contribution is 2.25. The van der Waals surface area contributed by atoms with E-state index in [0.717, 1.165) is 5.56 Å². The maximum Gasteiger partial charge on any atom is 0.322 e. The van der Waals surface area contributed by atoms with Crippen LogP contribution < -0.4 is 4.74 Å². The molecule has 5 heteroatoms. The van der Waals surface area contributed by atoms with Crippen molar-refractivity contribution in [2.24, 2.45) is 0 Å². The molecule has 0 radical (unpaired) electrons. The zero-order valence-electron chi connectivity index (χ0n) is 12.4. The van der Waals surface area contributed by atoms with Gasteiger partial charge in [0.25, 0.3) is 0 Å². The fraction of sp³-hybridized carbons (Fsp3) is 0.0556. The molecule has 0 saturated carbocycles. The first-order valence-electron chi connectivity index (χ1n) is 7.00. The monoisotopic (exact) mass is 324 g/mol. The van der Waals surface area contributed by atoms with E-state index in [1.165, 1.54) is 6.92 Å². The minimum absolute atomic E-state index is 0.0746. The fourth-order valence-electron chi connectivity index (χ4n) is 2.12. The molecular formula is C18H13ClN2O2. The molecular weight excluding hydrogens is 312 g/mol. The van der Waals surface area contributed by atoms with Crippen molar-refractivity contribution < 1.29 is 9.53 Å². The van der Waals surface area contributed by atoms with Crippen molar-refractivity contribution in [2.45, 2.75) is 6.92 Å². The summed E-state index contributed by atoms with van der Waals surface area (Å²) in [5, 5.41) is 0.662. The second-order valence-electron chi connectivity index (χ2n) is 4.89. The summed E-state index contributed by atoms with van der Waals surface area (Å²) in [5.41, 5.74) is 2.11. The SMILES string of the molecule is CC(=O)c1ccccc1Oc1nccc(-c2ccc(Cl)cc2)n1. The van der Waals surface area contributed by atoms with E-state index >= 15 is 0 Å². The number of benzene rings is 2. The van der Waals surface area contributed by atoms with Gasteiger partial charge in [-0.1, -0.05) is 35.9 Å². The summed E-state index contributed by atoms with van der Waals surface area (Å²) in [6.45, 7) is 1.49. The van der Waals surface area contributed by atoms with E-state index in [2.05, 4.69) is 9.97 Å². The Morgan fingerprint density at radius 1 is 1.04 bits per heavy atom. The lowest BCUT2D eigenvalue weighted by Gasteiger charge is -2.08. The molecule has 114 valence electrons. The van der Waals surface area contributed by atoms with Gasteiger partial charge in [-0.25, -0.2) is 4.98 Å². The predicted molar refractivity (Wildman–Crippen MR) is 89.0 cm³/mol. The smallest absolute Gasteiger partial charge is 0.322 e. The summed E-state index contributed by atoms with van der Waals surface area (Å²) >= 11 is 5.90. The van der Waals surface area contributed by atoms with E-state index in [1.54, 1.807) is 48.7 Å². The number of carbonyl (C=O) groups is 1. The summed E-state index contributed by atoms with van der Waals surface area (Å²) in [6, 6.07) is 16.3. The van der Waals surface area contributed by atoms with E-state index < -0.39 is 0 Å². The number of hydrogen-bond acceptors (Lipinski definition) is 4. The number of aromatic nitrogens is 2. The first kappa shape index (κ1) is 15.2. The van der Waals surface area contributed by atoms with Crippen molar-refractivity contribution in [3.63, 3.8) is 0 Å². The maximum atomic E-state index is 11.6. The van der Waals surface area contributed by atoms with Gasteiger partial charge in [-0.15, -0.1) is 0 Å². The third-order valence-electron chi connectivity index (χ3n) is 3.24. The standard InChI is InChI=1S/C18H13ClN2O2/c1-12(22)15-4-2-3-5-17(15)23-18-20-11-10-16(21-18)13-6-8-14(19)9-7-13/h2-11H,1H3. The van der Waals surface area contributed by atoms with Gasteiger partial charge in [0.05, 0.1) is 11.3 Å². The van der Waals surface area contributed by atoms with E-state index in [0.29, 0.717) is 22.0 Å². The Morgan fingerprint density at radius 2 is 1.78 bits per heavy atom. The first-order chi connectivity index (χ1) is 11.1. The molecule has 4 nitrogen and oxygen atoms in total. The summed E-state index contributed by atoms with van der Waals surface area (Å²) in [6.07, 6.45) is 1.61. The van der Waals surface area contributed by atoms with Crippen LogP contribution in [-0.4, -0.2) is 15.8 Å². The number of ether oxygens (including phenoxy) is 1. The van der Waals surface area contributed by atoms with Crippen LogP contribution in [0.4, 0.5) is 0 Å². The Balaban J connectivity index is 1.92. The van der Waals surface area contributed by atoms with Crippen molar-refractivity contribution in [1.82, 2.24) is 9.97 Å². The normalized spacial score (nSPS) is 10.3. The van der Waals surface area contributed by atoms with E-state index in [9.17, 15) is 4.79 Å². The average Bonchev–Trinajstić information content (AvgIpc) is 2.56. The largest absolute Gasteiger partial charge is 0.424 e. The lowest BCUT2D eigenvalue weighted by atomic mass is 10.1. The van der Waals surface area contributed by atoms with Crippen LogP contribution in [0.5, 0.6) is 11.8 Å². The molecule has 0 aliphatic rings. The van der Waals surface area contributed by atoms with Crippen molar-refractivity contribution in [3.05, 3.63) is 71.4 Å². The van der Waals surface area contributed by atoms with Gasteiger partial charge in [-0.05, 0) is 37.3 Å². The van der Waals surface area contributed by atoms with Crippen LogP contribution in [0.15, 0.2) is 60.8 Å². The van der Waals surface area contributed by atoms with Gasteiger partial charge in [0, 0.05) is 16.8 Å². The minimum atomic E-state index is -0.0746. The molecule has 3 rings (SSSR count). The highest BCUT2D eigenvalue weighted by Gasteiger charge is 2.10. The molecule has 0 bridgehead atoms. The number of ketones is 1. The van der Waals surface area contributed by atoms with Crippen LogP contribution in [0, 0.1) is 0 Å². The van der Waals surface area contributed by atoms with Gasteiger partial charge < -0.3 is 4.74 Å². The molecule has 3 aromatic rings. The van der Waals surface area contributed by atoms with Gasteiger partial charge in [-0.2, -0.15) is 4.98 Å². The third-order valence-corrected chi connectivity index (χ3v) is 3.49. The topological polar surface area (TPSA) is 52.1 Å². The first-order valence-corrected chi connectivity index (χ1v) is 7.38. The number of carbonyl (C=O) groups excluding carboxylic acids is 1. The Labute approximate surface area is 138 Å². The Bertz CT molecular complexity index is 848. The predicted octanol–water partition coefficient (Wildman–Crippen LogP) is 4.79. The molecule has 0 aliphatic heterocycles. The summed E-state index contributed by atoms with van der Waals surface area (Å²) in [4.78, 5) is 20.1. The minimum Gasteiger partial charge on any atom is -0.424 e. The van der Waals surface area contributed by atoms with Gasteiger partial charge in [0.2, 0.25) is 0 Å². The number of nitrogens with zero attached hydrogens (tertiary/aromatic N) is 2. The molecule has 0 aliphatic carbocycles. The number of halogens is 1. The number of para-hydroxylation sites is 1. The molecule has 0 N–H and O–H groups in total. The number of rotatable bonds is 4. The van der Waals surface area contributed by atoms with Crippen LogP contribution >= 0.6 is 11.6 Å². The highest BCUT2D eigenvalue weighted by atomic mass is 35.5. The van der Waals surface area contributed by atoms with Crippen LogP contribution in [0.25, 0.3) is 11.3 Å². The van der Waals surface area contributed by atoms with Crippen molar-refractivity contribution >= 4 is 17.4 Å². The molecule has 0 atom stereocenters. The van der Waals surface area contributed by atoms with Crippen molar-refractivity contribution in [2.75, 3.05) is 0 Å². The van der Waals surface area contributed by atoms with Crippen LogP contribution in [0.2, 0.25) is 5.02 Å². The van der Waals surface area contributed by atoms with Crippen LogP contribution in [0.1, 0.15) is 17.3 Å². The Hall–Kier alpha value is -2.72. The molecule has 0 fully saturated rings. The molecule has 0 amide bonds. The zero-order chi connectivity index (χ0) is 16.2.